The number of hydrogen-bond donors (Lipinski definition) is 1. The van der Waals surface area contributed by atoms with E-state index in [0.717, 1.165) is 25.4 Å². The maximum absolute atomic E-state index is 12.0. The summed E-state index contributed by atoms with van der Waals surface area (Å²) in [4.78, 5) is 14.5. The minimum Gasteiger partial charge on any atom is -0.465 e. The molecule has 0 saturated heterocycles. The topological polar surface area (TPSA) is 41.6 Å². The first-order chi connectivity index (χ1) is 9.56. The van der Waals surface area contributed by atoms with Crippen LogP contribution < -0.4 is 5.32 Å². The molecule has 0 aromatic carbocycles. The molecule has 0 radical (unpaired) electrons. The Kier molecular flexibility index (Phi) is 8.15. The second kappa shape index (κ2) is 9.35. The number of nitrogens with zero attached hydrogens (tertiary/aromatic N) is 1. The Bertz CT molecular complexity index is 278. The van der Waals surface area contributed by atoms with Crippen LogP contribution in [0.15, 0.2) is 0 Å². The molecule has 1 aliphatic carbocycles. The fraction of sp³-hybridized carbons (Fsp3) is 0.938. The van der Waals surface area contributed by atoms with Crippen molar-refractivity contribution in [3.05, 3.63) is 0 Å². The summed E-state index contributed by atoms with van der Waals surface area (Å²) in [5, 5.41) is 3.33. The molecule has 0 aromatic rings. The first-order valence-corrected chi connectivity index (χ1v) is 8.21. The van der Waals surface area contributed by atoms with Crippen LogP contribution in [0, 0.1) is 5.92 Å². The minimum absolute atomic E-state index is 0.107. The maximum atomic E-state index is 12.0. The van der Waals surface area contributed by atoms with Gasteiger partial charge in [-0.25, -0.2) is 0 Å². The lowest BCUT2D eigenvalue weighted by Crippen LogP contribution is -2.44. The first-order valence-electron chi connectivity index (χ1n) is 8.21. The zero-order valence-corrected chi connectivity index (χ0v) is 13.7. The predicted octanol–water partition coefficient (Wildman–Crippen LogP) is 2.43. The van der Waals surface area contributed by atoms with Gasteiger partial charge in [-0.15, -0.1) is 0 Å². The van der Waals surface area contributed by atoms with E-state index in [4.69, 9.17) is 4.74 Å². The summed E-state index contributed by atoms with van der Waals surface area (Å²) >= 11 is 0. The van der Waals surface area contributed by atoms with Crippen molar-refractivity contribution in [2.45, 2.75) is 65.5 Å². The molecule has 0 spiro atoms. The quantitative estimate of drug-likeness (QED) is 0.592. The van der Waals surface area contributed by atoms with E-state index in [1.165, 1.54) is 25.8 Å². The Morgan fingerprint density at radius 3 is 2.50 bits per heavy atom. The number of carbonyl (C=O) groups excluding carboxylic acids is 1. The van der Waals surface area contributed by atoms with Crippen molar-refractivity contribution in [1.82, 2.24) is 10.2 Å². The second-order valence-electron chi connectivity index (χ2n) is 6.16. The molecule has 0 amide bonds. The van der Waals surface area contributed by atoms with Crippen LogP contribution in [-0.4, -0.2) is 49.2 Å². The van der Waals surface area contributed by atoms with Crippen LogP contribution in [0.2, 0.25) is 0 Å². The molecule has 1 aliphatic rings. The van der Waals surface area contributed by atoms with Gasteiger partial charge < -0.3 is 15.0 Å². The molecule has 0 heterocycles. The molecule has 1 atom stereocenters. The van der Waals surface area contributed by atoms with Crippen molar-refractivity contribution >= 4 is 5.97 Å². The van der Waals surface area contributed by atoms with Crippen molar-refractivity contribution in [2.75, 3.05) is 26.2 Å². The van der Waals surface area contributed by atoms with Gasteiger partial charge in [-0.2, -0.15) is 0 Å². The van der Waals surface area contributed by atoms with E-state index >= 15 is 0 Å². The molecule has 0 aliphatic heterocycles. The highest BCUT2D eigenvalue weighted by Gasteiger charge is 2.26. The summed E-state index contributed by atoms with van der Waals surface area (Å²) in [6.45, 7) is 12.0. The van der Waals surface area contributed by atoms with Gasteiger partial charge in [0.25, 0.3) is 0 Å². The lowest BCUT2D eigenvalue weighted by molar-refractivity contribution is -0.146. The van der Waals surface area contributed by atoms with Crippen molar-refractivity contribution in [2.24, 2.45) is 5.92 Å². The summed E-state index contributed by atoms with van der Waals surface area (Å²) < 4.78 is 5.17. The lowest BCUT2D eigenvalue weighted by atomic mass is 10.1. The highest BCUT2D eigenvalue weighted by molar-refractivity contribution is 5.75. The van der Waals surface area contributed by atoms with Gasteiger partial charge in [-0.1, -0.05) is 20.8 Å². The van der Waals surface area contributed by atoms with Crippen LogP contribution in [0.1, 0.15) is 53.4 Å². The molecule has 1 N–H and O–H groups in total. The van der Waals surface area contributed by atoms with E-state index < -0.39 is 0 Å². The van der Waals surface area contributed by atoms with Gasteiger partial charge in [0, 0.05) is 19.1 Å². The zero-order valence-electron chi connectivity index (χ0n) is 13.7. The van der Waals surface area contributed by atoms with Crippen LogP contribution >= 0.6 is 0 Å². The summed E-state index contributed by atoms with van der Waals surface area (Å²) in [5.74, 6) is 0.796. The van der Waals surface area contributed by atoms with E-state index in [2.05, 4.69) is 31.0 Å². The SMILES string of the molecule is CCCN(CCC(NC(C)C)C(=O)OCC)CC1CC1. The smallest absolute Gasteiger partial charge is 0.323 e. The van der Waals surface area contributed by atoms with Gasteiger partial charge in [-0.3, -0.25) is 4.79 Å². The van der Waals surface area contributed by atoms with E-state index in [9.17, 15) is 4.79 Å². The standard InChI is InChI=1S/C16H32N2O2/c1-5-10-18(12-14-7-8-14)11-9-15(17-13(3)4)16(19)20-6-2/h13-15,17H,5-12H2,1-4H3. The third kappa shape index (κ3) is 7.25. The van der Waals surface area contributed by atoms with E-state index in [1.54, 1.807) is 0 Å². The number of esters is 1. The first kappa shape index (κ1) is 17.4. The number of nitrogens with one attached hydrogen (secondary N) is 1. The van der Waals surface area contributed by atoms with E-state index in [0.29, 0.717) is 12.6 Å². The minimum atomic E-state index is -0.173. The largest absolute Gasteiger partial charge is 0.465 e. The number of hydrogen-bond acceptors (Lipinski definition) is 4. The average Bonchev–Trinajstić information content (AvgIpc) is 3.18. The third-order valence-corrected chi connectivity index (χ3v) is 3.59. The fourth-order valence-electron chi connectivity index (χ4n) is 2.50. The Morgan fingerprint density at radius 2 is 2.00 bits per heavy atom. The Hall–Kier alpha value is -0.610. The van der Waals surface area contributed by atoms with Gasteiger partial charge in [0.05, 0.1) is 6.61 Å². The summed E-state index contributed by atoms with van der Waals surface area (Å²) in [7, 11) is 0. The molecule has 1 saturated carbocycles. The van der Waals surface area contributed by atoms with Gasteiger partial charge >= 0.3 is 5.97 Å². The third-order valence-electron chi connectivity index (χ3n) is 3.59. The highest BCUT2D eigenvalue weighted by atomic mass is 16.5. The predicted molar refractivity (Wildman–Crippen MR) is 82.8 cm³/mol. The molecule has 4 nitrogen and oxygen atoms in total. The molecule has 1 fully saturated rings. The molecular formula is C16H32N2O2. The Balaban J connectivity index is 2.42. The van der Waals surface area contributed by atoms with Crippen molar-refractivity contribution < 1.29 is 9.53 Å². The van der Waals surface area contributed by atoms with Crippen LogP contribution in [0.4, 0.5) is 0 Å². The van der Waals surface area contributed by atoms with Crippen LogP contribution in [0.25, 0.3) is 0 Å². The summed E-state index contributed by atoms with van der Waals surface area (Å²) in [6.07, 6.45) is 4.77. The fourth-order valence-corrected chi connectivity index (χ4v) is 2.50. The Labute approximate surface area is 124 Å². The van der Waals surface area contributed by atoms with Crippen LogP contribution in [0.5, 0.6) is 0 Å². The van der Waals surface area contributed by atoms with Gasteiger partial charge in [0.1, 0.15) is 6.04 Å². The molecule has 0 aromatic heterocycles. The van der Waals surface area contributed by atoms with E-state index in [1.807, 2.05) is 6.92 Å². The lowest BCUT2D eigenvalue weighted by Gasteiger charge is -2.25. The van der Waals surface area contributed by atoms with Crippen molar-refractivity contribution in [3.63, 3.8) is 0 Å². The molecule has 0 bridgehead atoms. The van der Waals surface area contributed by atoms with E-state index in [-0.39, 0.29) is 12.0 Å². The maximum Gasteiger partial charge on any atom is 0.323 e. The van der Waals surface area contributed by atoms with Gasteiger partial charge in [0.2, 0.25) is 0 Å². The molecule has 118 valence electrons. The molecule has 4 heteroatoms. The number of carbonyl (C=O) groups is 1. The van der Waals surface area contributed by atoms with Crippen molar-refractivity contribution in [3.8, 4) is 0 Å². The molecule has 1 rings (SSSR count). The summed E-state index contributed by atoms with van der Waals surface area (Å²) in [6, 6.07) is 0.126. The molecular weight excluding hydrogens is 252 g/mol. The monoisotopic (exact) mass is 284 g/mol. The molecule has 1 unspecified atom stereocenters. The molecule has 20 heavy (non-hydrogen) atoms. The number of ether oxygens (including phenoxy) is 1. The average molecular weight is 284 g/mol. The van der Waals surface area contributed by atoms with Gasteiger partial charge in [0.15, 0.2) is 0 Å². The normalized spacial score (nSPS) is 16.7. The second-order valence-corrected chi connectivity index (χ2v) is 6.16. The highest BCUT2D eigenvalue weighted by Crippen LogP contribution is 2.29. The van der Waals surface area contributed by atoms with Crippen molar-refractivity contribution in [1.29, 1.82) is 0 Å². The zero-order chi connectivity index (χ0) is 15.0. The summed E-state index contributed by atoms with van der Waals surface area (Å²) in [5.41, 5.74) is 0. The van der Waals surface area contributed by atoms with Gasteiger partial charge in [-0.05, 0) is 45.1 Å². The number of rotatable bonds is 11. The van der Waals surface area contributed by atoms with Crippen LogP contribution in [-0.2, 0) is 9.53 Å². The van der Waals surface area contributed by atoms with Crippen LogP contribution in [0.3, 0.4) is 0 Å². The Morgan fingerprint density at radius 1 is 1.30 bits per heavy atom.